The van der Waals surface area contributed by atoms with Gasteiger partial charge in [0.2, 0.25) is 5.91 Å². The van der Waals surface area contributed by atoms with Crippen LogP contribution in [-0.2, 0) is 11.3 Å². The number of anilines is 1. The fraction of sp³-hybridized carbons (Fsp3) is 0.250. The van der Waals surface area contributed by atoms with Gasteiger partial charge < -0.3 is 9.88 Å². The van der Waals surface area contributed by atoms with E-state index in [1.165, 1.54) is 11.8 Å². The Morgan fingerprint density at radius 1 is 1.37 bits per heavy atom. The van der Waals surface area contributed by atoms with Gasteiger partial charge in [0.25, 0.3) is 0 Å². The summed E-state index contributed by atoms with van der Waals surface area (Å²) in [5, 5.41) is 13.1. The maximum absolute atomic E-state index is 12.6. The molecule has 1 unspecified atom stereocenters. The molecule has 7 heteroatoms. The highest BCUT2D eigenvalue weighted by atomic mass is 35.5. The number of carbonyl (C=O) groups excluding carboxylic acids is 1. The second-order valence-electron chi connectivity index (χ2n) is 6.09. The summed E-state index contributed by atoms with van der Waals surface area (Å²) >= 11 is 7.48. The standard InChI is InChI=1S/C20H19ClN4OS/c1-3-10-25-18-9-8-15(21)11-17(18)24-20(25)27-13(2)19(26)23-16-7-5-4-6-14(16)12-22/h4-9,11,13H,3,10H2,1-2H3,(H,23,26). The van der Waals surface area contributed by atoms with Crippen molar-refractivity contribution in [3.63, 3.8) is 0 Å². The number of nitriles is 1. The van der Waals surface area contributed by atoms with Crippen molar-refractivity contribution in [3.05, 3.63) is 53.1 Å². The Bertz CT molecular complexity index is 1020. The molecular formula is C20H19ClN4OS. The van der Waals surface area contributed by atoms with Crippen LogP contribution in [-0.4, -0.2) is 20.7 Å². The highest BCUT2D eigenvalue weighted by molar-refractivity contribution is 8.00. The van der Waals surface area contributed by atoms with Crippen LogP contribution in [0.3, 0.4) is 0 Å². The fourth-order valence-corrected chi connectivity index (χ4v) is 3.86. The molecule has 0 fully saturated rings. The number of nitrogens with one attached hydrogen (secondary N) is 1. The number of hydrogen-bond acceptors (Lipinski definition) is 4. The monoisotopic (exact) mass is 398 g/mol. The molecule has 1 heterocycles. The van der Waals surface area contributed by atoms with Gasteiger partial charge in [0, 0.05) is 11.6 Å². The van der Waals surface area contributed by atoms with Gasteiger partial charge in [-0.25, -0.2) is 4.98 Å². The van der Waals surface area contributed by atoms with Gasteiger partial charge in [0.05, 0.1) is 27.5 Å². The van der Waals surface area contributed by atoms with Crippen molar-refractivity contribution < 1.29 is 4.79 Å². The summed E-state index contributed by atoms with van der Waals surface area (Å²) in [6, 6.07) is 14.7. The average molecular weight is 399 g/mol. The maximum atomic E-state index is 12.6. The second-order valence-corrected chi connectivity index (χ2v) is 7.83. The van der Waals surface area contributed by atoms with Crippen LogP contribution < -0.4 is 5.32 Å². The molecule has 27 heavy (non-hydrogen) atoms. The summed E-state index contributed by atoms with van der Waals surface area (Å²) in [5.41, 5.74) is 2.79. The van der Waals surface area contributed by atoms with Gasteiger partial charge in [-0.3, -0.25) is 4.79 Å². The zero-order chi connectivity index (χ0) is 19.4. The molecule has 0 saturated carbocycles. The quantitative estimate of drug-likeness (QED) is 0.587. The number of halogens is 1. The Hall–Kier alpha value is -2.49. The Morgan fingerprint density at radius 2 is 2.15 bits per heavy atom. The Labute approximate surface area is 167 Å². The van der Waals surface area contributed by atoms with E-state index < -0.39 is 0 Å². The van der Waals surface area contributed by atoms with Gasteiger partial charge in [-0.2, -0.15) is 5.26 Å². The first-order valence-electron chi connectivity index (χ1n) is 8.66. The number of aryl methyl sites for hydroxylation is 1. The van der Waals surface area contributed by atoms with E-state index in [9.17, 15) is 10.1 Å². The van der Waals surface area contributed by atoms with Crippen molar-refractivity contribution in [3.8, 4) is 6.07 Å². The summed E-state index contributed by atoms with van der Waals surface area (Å²) < 4.78 is 2.11. The van der Waals surface area contributed by atoms with Gasteiger partial charge in [-0.15, -0.1) is 0 Å². The average Bonchev–Trinajstić information content (AvgIpc) is 2.98. The molecule has 0 aliphatic carbocycles. The number of benzene rings is 2. The first-order chi connectivity index (χ1) is 13.0. The van der Waals surface area contributed by atoms with E-state index in [0.29, 0.717) is 16.3 Å². The Balaban J connectivity index is 1.82. The molecule has 0 spiro atoms. The maximum Gasteiger partial charge on any atom is 0.237 e. The molecule has 2 aromatic carbocycles. The Kier molecular flexibility index (Phi) is 6.04. The molecular weight excluding hydrogens is 380 g/mol. The number of amides is 1. The predicted molar refractivity (Wildman–Crippen MR) is 110 cm³/mol. The molecule has 1 amide bonds. The third-order valence-electron chi connectivity index (χ3n) is 4.08. The van der Waals surface area contributed by atoms with E-state index in [2.05, 4.69) is 27.9 Å². The van der Waals surface area contributed by atoms with Crippen LogP contribution >= 0.6 is 23.4 Å². The number of hydrogen-bond donors (Lipinski definition) is 1. The lowest BCUT2D eigenvalue weighted by Crippen LogP contribution is -2.23. The third kappa shape index (κ3) is 4.26. The number of fused-ring (bicyclic) bond motifs is 1. The van der Waals surface area contributed by atoms with Crippen molar-refractivity contribution in [2.45, 2.75) is 37.2 Å². The SMILES string of the molecule is CCCn1c(SC(C)C(=O)Nc2ccccc2C#N)nc2cc(Cl)ccc21. The highest BCUT2D eigenvalue weighted by Gasteiger charge is 2.20. The zero-order valence-electron chi connectivity index (χ0n) is 15.1. The van der Waals surface area contributed by atoms with E-state index in [1.54, 1.807) is 24.3 Å². The van der Waals surface area contributed by atoms with Crippen LogP contribution in [0.15, 0.2) is 47.6 Å². The van der Waals surface area contributed by atoms with E-state index in [-0.39, 0.29) is 11.2 Å². The van der Waals surface area contributed by atoms with Crippen molar-refractivity contribution in [2.75, 3.05) is 5.32 Å². The summed E-state index contributed by atoms with van der Waals surface area (Å²) in [7, 11) is 0. The summed E-state index contributed by atoms with van der Waals surface area (Å²) in [4.78, 5) is 17.3. The normalized spacial score (nSPS) is 11.9. The van der Waals surface area contributed by atoms with E-state index in [0.717, 1.165) is 29.2 Å². The third-order valence-corrected chi connectivity index (χ3v) is 5.40. The van der Waals surface area contributed by atoms with Gasteiger partial charge in [-0.05, 0) is 43.7 Å². The lowest BCUT2D eigenvalue weighted by Gasteiger charge is -2.13. The first kappa shape index (κ1) is 19.3. The van der Waals surface area contributed by atoms with E-state index in [4.69, 9.17) is 11.6 Å². The molecule has 0 aliphatic heterocycles. The molecule has 0 aliphatic rings. The molecule has 5 nitrogen and oxygen atoms in total. The van der Waals surface area contributed by atoms with Crippen molar-refractivity contribution in [1.82, 2.24) is 9.55 Å². The molecule has 3 rings (SSSR count). The number of nitrogens with zero attached hydrogens (tertiary/aromatic N) is 3. The van der Waals surface area contributed by atoms with E-state index in [1.807, 2.05) is 25.1 Å². The van der Waals surface area contributed by atoms with Gasteiger partial charge in [0.1, 0.15) is 6.07 Å². The summed E-state index contributed by atoms with van der Waals surface area (Å²) in [6.07, 6.45) is 0.956. The Morgan fingerprint density at radius 3 is 2.89 bits per heavy atom. The number of carbonyl (C=O) groups is 1. The fourth-order valence-electron chi connectivity index (χ4n) is 2.75. The van der Waals surface area contributed by atoms with E-state index >= 15 is 0 Å². The van der Waals surface area contributed by atoms with Crippen LogP contribution in [0.5, 0.6) is 0 Å². The lowest BCUT2D eigenvalue weighted by molar-refractivity contribution is -0.115. The predicted octanol–water partition coefficient (Wildman–Crippen LogP) is 5.09. The van der Waals surface area contributed by atoms with Gasteiger partial charge >= 0.3 is 0 Å². The largest absolute Gasteiger partial charge is 0.324 e. The zero-order valence-corrected chi connectivity index (χ0v) is 16.6. The van der Waals surface area contributed by atoms with Crippen LogP contribution in [0.1, 0.15) is 25.8 Å². The number of aromatic nitrogens is 2. The van der Waals surface area contributed by atoms with Crippen molar-refractivity contribution in [1.29, 1.82) is 5.26 Å². The molecule has 0 saturated heterocycles. The van der Waals surface area contributed by atoms with Crippen molar-refractivity contribution in [2.24, 2.45) is 0 Å². The number of thioether (sulfide) groups is 1. The molecule has 0 bridgehead atoms. The molecule has 1 aromatic heterocycles. The van der Waals surface area contributed by atoms with Crippen LogP contribution in [0.2, 0.25) is 5.02 Å². The number of rotatable bonds is 6. The minimum atomic E-state index is -0.375. The summed E-state index contributed by atoms with van der Waals surface area (Å²) in [5.74, 6) is -0.171. The van der Waals surface area contributed by atoms with Crippen LogP contribution in [0.25, 0.3) is 11.0 Å². The topological polar surface area (TPSA) is 70.7 Å². The van der Waals surface area contributed by atoms with Crippen LogP contribution in [0.4, 0.5) is 5.69 Å². The molecule has 1 N–H and O–H groups in total. The molecule has 138 valence electrons. The van der Waals surface area contributed by atoms with Gasteiger partial charge in [0.15, 0.2) is 5.16 Å². The highest BCUT2D eigenvalue weighted by Crippen LogP contribution is 2.29. The molecule has 1 atom stereocenters. The minimum Gasteiger partial charge on any atom is -0.324 e. The smallest absolute Gasteiger partial charge is 0.237 e. The number of imidazole rings is 1. The summed E-state index contributed by atoms with van der Waals surface area (Å²) in [6.45, 7) is 4.74. The van der Waals surface area contributed by atoms with Crippen LogP contribution in [0, 0.1) is 11.3 Å². The lowest BCUT2D eigenvalue weighted by atomic mass is 10.2. The molecule has 3 aromatic rings. The van der Waals surface area contributed by atoms with Crippen molar-refractivity contribution >= 4 is 46.0 Å². The molecule has 0 radical (unpaired) electrons. The second kappa shape index (κ2) is 8.47. The number of para-hydroxylation sites is 1. The first-order valence-corrected chi connectivity index (χ1v) is 9.91. The minimum absolute atomic E-state index is 0.171. The van der Waals surface area contributed by atoms with Gasteiger partial charge in [-0.1, -0.05) is 42.4 Å².